The summed E-state index contributed by atoms with van der Waals surface area (Å²) in [5.41, 5.74) is 4.30. The molecule has 132 valence electrons. The first kappa shape index (κ1) is 16.6. The van der Waals surface area contributed by atoms with Crippen molar-refractivity contribution < 1.29 is 14.3 Å². The number of Topliss-reactive ketones (excluding diaryl/α,β-unsaturated/α-hetero) is 1. The van der Waals surface area contributed by atoms with Gasteiger partial charge in [0.15, 0.2) is 5.78 Å². The molecule has 0 fully saturated rings. The van der Waals surface area contributed by atoms with Crippen LogP contribution in [0.15, 0.2) is 48.5 Å². The van der Waals surface area contributed by atoms with Crippen LogP contribution in [0.5, 0.6) is 0 Å². The van der Waals surface area contributed by atoms with Gasteiger partial charge < -0.3 is 9.30 Å². The highest BCUT2D eigenvalue weighted by molar-refractivity contribution is 6.14. The second-order valence-corrected chi connectivity index (χ2v) is 6.72. The Morgan fingerprint density at radius 1 is 1.04 bits per heavy atom. The molecule has 0 N–H and O–H groups in total. The zero-order valence-electron chi connectivity index (χ0n) is 14.8. The van der Waals surface area contributed by atoms with Crippen LogP contribution in [0, 0.1) is 0 Å². The standard InChI is InChI=1S/C22H21NO3/c1-26-22(25)17-11-7-10-16-20-18(12-5-6-13-19(20)24)23(21(16)17)14-15-8-3-2-4-9-15/h2-4,7-11H,5-6,12-14H2,1H3. The van der Waals surface area contributed by atoms with E-state index in [2.05, 4.69) is 16.7 Å². The Balaban J connectivity index is 2.02. The summed E-state index contributed by atoms with van der Waals surface area (Å²) in [4.78, 5) is 25.2. The van der Waals surface area contributed by atoms with Crippen molar-refractivity contribution in [3.63, 3.8) is 0 Å². The number of hydrogen-bond acceptors (Lipinski definition) is 3. The molecule has 0 bridgehead atoms. The van der Waals surface area contributed by atoms with E-state index in [-0.39, 0.29) is 11.8 Å². The Morgan fingerprint density at radius 2 is 1.81 bits per heavy atom. The van der Waals surface area contributed by atoms with Gasteiger partial charge in [0.2, 0.25) is 0 Å². The van der Waals surface area contributed by atoms with E-state index in [0.29, 0.717) is 18.5 Å². The average molecular weight is 347 g/mol. The SMILES string of the molecule is COC(=O)c1cccc2c3c(n(Cc4ccccc4)c12)CCCCC3=O. The second kappa shape index (κ2) is 6.79. The lowest BCUT2D eigenvalue weighted by Crippen LogP contribution is -2.09. The van der Waals surface area contributed by atoms with Crippen molar-refractivity contribution in [1.29, 1.82) is 0 Å². The highest BCUT2D eigenvalue weighted by Crippen LogP contribution is 2.34. The predicted molar refractivity (Wildman–Crippen MR) is 101 cm³/mol. The fourth-order valence-corrected chi connectivity index (χ4v) is 3.95. The van der Waals surface area contributed by atoms with Gasteiger partial charge in [0, 0.05) is 29.6 Å². The number of nitrogens with zero attached hydrogens (tertiary/aromatic N) is 1. The molecule has 0 spiro atoms. The number of para-hydroxylation sites is 1. The summed E-state index contributed by atoms with van der Waals surface area (Å²) in [5, 5.41) is 0.866. The number of ether oxygens (including phenoxy) is 1. The maximum atomic E-state index is 12.8. The Labute approximate surface area is 152 Å². The molecule has 0 saturated carbocycles. The average Bonchev–Trinajstić information content (AvgIpc) is 2.85. The molecule has 4 nitrogen and oxygen atoms in total. The molecule has 1 aliphatic carbocycles. The van der Waals surface area contributed by atoms with Crippen molar-refractivity contribution in [3.8, 4) is 0 Å². The molecule has 26 heavy (non-hydrogen) atoms. The van der Waals surface area contributed by atoms with Crippen molar-refractivity contribution in [2.45, 2.75) is 32.2 Å². The summed E-state index contributed by atoms with van der Waals surface area (Å²) in [6, 6.07) is 15.7. The highest BCUT2D eigenvalue weighted by Gasteiger charge is 2.27. The van der Waals surface area contributed by atoms with E-state index >= 15 is 0 Å². The van der Waals surface area contributed by atoms with Gasteiger partial charge in [0.1, 0.15) is 0 Å². The molecular formula is C22H21NO3. The molecule has 0 atom stereocenters. The number of carbonyl (C=O) groups is 2. The zero-order valence-corrected chi connectivity index (χ0v) is 14.8. The minimum absolute atomic E-state index is 0.177. The Morgan fingerprint density at radius 3 is 2.58 bits per heavy atom. The summed E-state index contributed by atoms with van der Waals surface area (Å²) < 4.78 is 7.14. The van der Waals surface area contributed by atoms with Crippen LogP contribution in [0.3, 0.4) is 0 Å². The van der Waals surface area contributed by atoms with E-state index in [1.807, 2.05) is 30.3 Å². The van der Waals surface area contributed by atoms with Crippen LogP contribution in [0.25, 0.3) is 10.9 Å². The zero-order chi connectivity index (χ0) is 18.1. The molecule has 0 unspecified atom stereocenters. The van der Waals surface area contributed by atoms with Crippen molar-refractivity contribution in [3.05, 3.63) is 70.9 Å². The van der Waals surface area contributed by atoms with Crippen LogP contribution in [-0.4, -0.2) is 23.4 Å². The summed E-state index contributed by atoms with van der Waals surface area (Å²) in [7, 11) is 1.39. The van der Waals surface area contributed by atoms with E-state index in [4.69, 9.17) is 4.74 Å². The van der Waals surface area contributed by atoms with Crippen LogP contribution in [0.2, 0.25) is 0 Å². The van der Waals surface area contributed by atoms with Crippen LogP contribution >= 0.6 is 0 Å². The molecule has 1 heterocycles. The lowest BCUT2D eigenvalue weighted by atomic mass is 10.0. The fraction of sp³-hybridized carbons (Fsp3) is 0.273. The third-order valence-corrected chi connectivity index (χ3v) is 5.12. The number of carbonyl (C=O) groups excluding carboxylic acids is 2. The number of aromatic nitrogens is 1. The number of methoxy groups -OCH3 is 1. The van der Waals surface area contributed by atoms with E-state index < -0.39 is 0 Å². The van der Waals surface area contributed by atoms with Crippen molar-refractivity contribution in [1.82, 2.24) is 4.57 Å². The minimum Gasteiger partial charge on any atom is -0.465 e. The normalized spacial score (nSPS) is 14.1. The van der Waals surface area contributed by atoms with Gasteiger partial charge in [-0.3, -0.25) is 4.79 Å². The van der Waals surface area contributed by atoms with Gasteiger partial charge in [-0.1, -0.05) is 42.5 Å². The molecule has 4 rings (SSSR count). The van der Waals surface area contributed by atoms with Gasteiger partial charge in [-0.2, -0.15) is 0 Å². The van der Waals surface area contributed by atoms with Crippen molar-refractivity contribution >= 4 is 22.7 Å². The van der Waals surface area contributed by atoms with Gasteiger partial charge in [0.25, 0.3) is 0 Å². The number of benzene rings is 2. The van der Waals surface area contributed by atoms with E-state index in [1.165, 1.54) is 7.11 Å². The number of ketones is 1. The Bertz CT molecular complexity index is 986. The number of rotatable bonds is 3. The summed E-state index contributed by atoms with van der Waals surface area (Å²) in [6.07, 6.45) is 3.32. The number of fused-ring (bicyclic) bond motifs is 3. The molecule has 2 aromatic carbocycles. The van der Waals surface area contributed by atoms with Crippen LogP contribution in [0.1, 0.15) is 51.2 Å². The quantitative estimate of drug-likeness (QED) is 0.522. The molecular weight excluding hydrogens is 326 g/mol. The maximum absolute atomic E-state index is 12.8. The molecule has 4 heteroatoms. The minimum atomic E-state index is -0.370. The van der Waals surface area contributed by atoms with E-state index in [0.717, 1.165) is 47.0 Å². The fourth-order valence-electron chi connectivity index (χ4n) is 3.95. The summed E-state index contributed by atoms with van der Waals surface area (Å²) in [5.74, 6) is -0.193. The molecule has 0 amide bonds. The van der Waals surface area contributed by atoms with Crippen LogP contribution in [0.4, 0.5) is 0 Å². The first-order chi connectivity index (χ1) is 12.7. The Hall–Kier alpha value is -2.88. The number of esters is 1. The first-order valence-corrected chi connectivity index (χ1v) is 9.00. The van der Waals surface area contributed by atoms with E-state index in [9.17, 15) is 9.59 Å². The highest BCUT2D eigenvalue weighted by atomic mass is 16.5. The van der Waals surface area contributed by atoms with Crippen molar-refractivity contribution in [2.75, 3.05) is 7.11 Å². The lowest BCUT2D eigenvalue weighted by molar-refractivity contribution is 0.0602. The molecule has 0 radical (unpaired) electrons. The third-order valence-electron chi connectivity index (χ3n) is 5.12. The maximum Gasteiger partial charge on any atom is 0.340 e. The van der Waals surface area contributed by atoms with Gasteiger partial charge in [-0.15, -0.1) is 0 Å². The monoisotopic (exact) mass is 347 g/mol. The Kier molecular flexibility index (Phi) is 4.33. The smallest absolute Gasteiger partial charge is 0.340 e. The number of hydrogen-bond donors (Lipinski definition) is 0. The first-order valence-electron chi connectivity index (χ1n) is 9.00. The van der Waals surface area contributed by atoms with Crippen LogP contribution < -0.4 is 0 Å². The summed E-state index contributed by atoms with van der Waals surface area (Å²) >= 11 is 0. The van der Waals surface area contributed by atoms with Gasteiger partial charge in [-0.05, 0) is 30.9 Å². The van der Waals surface area contributed by atoms with Crippen LogP contribution in [-0.2, 0) is 17.7 Å². The van der Waals surface area contributed by atoms with Gasteiger partial charge in [-0.25, -0.2) is 4.79 Å². The third kappa shape index (κ3) is 2.71. The largest absolute Gasteiger partial charge is 0.465 e. The van der Waals surface area contributed by atoms with E-state index in [1.54, 1.807) is 6.07 Å². The van der Waals surface area contributed by atoms with Gasteiger partial charge in [0.05, 0.1) is 18.2 Å². The van der Waals surface area contributed by atoms with Gasteiger partial charge >= 0.3 is 5.97 Å². The predicted octanol–water partition coefficient (Wildman–Crippen LogP) is 4.39. The molecule has 0 saturated heterocycles. The second-order valence-electron chi connectivity index (χ2n) is 6.72. The molecule has 1 aliphatic rings. The molecule has 3 aromatic rings. The topological polar surface area (TPSA) is 48.3 Å². The molecule has 0 aliphatic heterocycles. The van der Waals surface area contributed by atoms with Crippen molar-refractivity contribution in [2.24, 2.45) is 0 Å². The summed E-state index contributed by atoms with van der Waals surface area (Å²) in [6.45, 7) is 0.633. The molecule has 1 aromatic heterocycles. The lowest BCUT2D eigenvalue weighted by Gasteiger charge is -2.13.